The van der Waals surface area contributed by atoms with E-state index in [-0.39, 0.29) is 17.1 Å². The largest absolute Gasteiger partial charge is 0.504 e. The predicted molar refractivity (Wildman–Crippen MR) is 85.6 cm³/mol. The number of phenolic OH excluding ortho intramolecular Hbond substituents is 2. The standard InChI is InChI=1S/C18H12O5/c19-14(7-5-11-6-8-15(20)16(21)9-11)13-10-12-3-1-2-4-17(12)23-18(13)22/h1-10,20-21H. The summed E-state index contributed by atoms with van der Waals surface area (Å²) in [6.45, 7) is 0. The number of hydrogen-bond acceptors (Lipinski definition) is 5. The van der Waals surface area contributed by atoms with E-state index in [2.05, 4.69) is 0 Å². The van der Waals surface area contributed by atoms with Crippen LogP contribution in [0.1, 0.15) is 15.9 Å². The number of ketones is 1. The number of para-hydroxylation sites is 1. The Labute approximate surface area is 130 Å². The first-order valence-electron chi connectivity index (χ1n) is 6.82. The minimum Gasteiger partial charge on any atom is -0.504 e. The molecule has 0 amide bonds. The van der Waals surface area contributed by atoms with E-state index >= 15 is 0 Å². The zero-order valence-corrected chi connectivity index (χ0v) is 11.9. The number of rotatable bonds is 3. The van der Waals surface area contributed by atoms with Gasteiger partial charge in [-0.05, 0) is 35.9 Å². The average molecular weight is 308 g/mol. The zero-order valence-electron chi connectivity index (χ0n) is 11.9. The van der Waals surface area contributed by atoms with E-state index in [1.807, 2.05) is 0 Å². The van der Waals surface area contributed by atoms with Crippen LogP contribution < -0.4 is 5.63 Å². The maximum absolute atomic E-state index is 12.2. The Kier molecular flexibility index (Phi) is 3.68. The summed E-state index contributed by atoms with van der Waals surface area (Å²) in [5.74, 6) is -1.04. The molecule has 114 valence electrons. The smallest absolute Gasteiger partial charge is 0.347 e. The summed E-state index contributed by atoms with van der Waals surface area (Å²) in [4.78, 5) is 24.1. The molecule has 23 heavy (non-hydrogen) atoms. The van der Waals surface area contributed by atoms with Crippen LogP contribution in [0.3, 0.4) is 0 Å². The van der Waals surface area contributed by atoms with Gasteiger partial charge in [0.05, 0.1) is 0 Å². The molecule has 0 fully saturated rings. The molecule has 0 spiro atoms. The molecular formula is C18H12O5. The van der Waals surface area contributed by atoms with Crippen LogP contribution in [-0.4, -0.2) is 16.0 Å². The van der Waals surface area contributed by atoms with E-state index in [0.717, 1.165) is 0 Å². The second-order valence-electron chi connectivity index (χ2n) is 4.93. The molecule has 1 aromatic heterocycles. The molecule has 0 aliphatic heterocycles. The fourth-order valence-electron chi connectivity index (χ4n) is 2.14. The van der Waals surface area contributed by atoms with Crippen LogP contribution in [0.15, 0.2) is 63.8 Å². The highest BCUT2D eigenvalue weighted by molar-refractivity contribution is 6.07. The van der Waals surface area contributed by atoms with Gasteiger partial charge in [-0.3, -0.25) is 4.79 Å². The van der Waals surface area contributed by atoms with Crippen molar-refractivity contribution >= 4 is 22.8 Å². The van der Waals surface area contributed by atoms with E-state index in [4.69, 9.17) is 4.42 Å². The number of fused-ring (bicyclic) bond motifs is 1. The molecule has 0 saturated heterocycles. The average Bonchev–Trinajstić information content (AvgIpc) is 2.55. The first-order valence-corrected chi connectivity index (χ1v) is 6.82. The van der Waals surface area contributed by atoms with Crippen molar-refractivity contribution in [3.05, 3.63) is 76.2 Å². The van der Waals surface area contributed by atoms with Gasteiger partial charge in [-0.2, -0.15) is 0 Å². The monoisotopic (exact) mass is 308 g/mol. The van der Waals surface area contributed by atoms with E-state index in [0.29, 0.717) is 16.5 Å². The number of carbonyl (C=O) groups is 1. The Morgan fingerprint density at radius 3 is 2.57 bits per heavy atom. The molecule has 3 aromatic rings. The van der Waals surface area contributed by atoms with Gasteiger partial charge in [0.1, 0.15) is 11.1 Å². The van der Waals surface area contributed by atoms with Gasteiger partial charge < -0.3 is 14.6 Å². The molecule has 5 nitrogen and oxygen atoms in total. The highest BCUT2D eigenvalue weighted by atomic mass is 16.4. The van der Waals surface area contributed by atoms with E-state index in [1.54, 1.807) is 24.3 Å². The van der Waals surface area contributed by atoms with Crippen molar-refractivity contribution in [3.63, 3.8) is 0 Å². The summed E-state index contributed by atoms with van der Waals surface area (Å²) in [6, 6.07) is 12.6. The van der Waals surface area contributed by atoms with Crippen molar-refractivity contribution in [2.75, 3.05) is 0 Å². The Balaban J connectivity index is 1.93. The first kappa shape index (κ1) is 14.6. The summed E-state index contributed by atoms with van der Waals surface area (Å²) in [5, 5.41) is 19.3. The maximum Gasteiger partial charge on any atom is 0.347 e. The lowest BCUT2D eigenvalue weighted by molar-refractivity contribution is 0.104. The van der Waals surface area contributed by atoms with Crippen LogP contribution in [-0.2, 0) is 0 Å². The van der Waals surface area contributed by atoms with E-state index in [9.17, 15) is 19.8 Å². The van der Waals surface area contributed by atoms with E-state index in [1.165, 1.54) is 36.4 Å². The summed E-state index contributed by atoms with van der Waals surface area (Å²) in [6.07, 6.45) is 2.66. The van der Waals surface area contributed by atoms with E-state index < -0.39 is 11.4 Å². The van der Waals surface area contributed by atoms with Crippen LogP contribution in [0.5, 0.6) is 11.5 Å². The Morgan fingerprint density at radius 1 is 1.00 bits per heavy atom. The lowest BCUT2D eigenvalue weighted by Crippen LogP contribution is -2.11. The van der Waals surface area contributed by atoms with Crippen LogP contribution in [0.25, 0.3) is 17.0 Å². The summed E-state index contributed by atoms with van der Waals surface area (Å²) in [7, 11) is 0. The first-order chi connectivity index (χ1) is 11.0. The van der Waals surface area contributed by atoms with Crippen LogP contribution >= 0.6 is 0 Å². The van der Waals surface area contributed by atoms with Crippen molar-refractivity contribution in [2.45, 2.75) is 0 Å². The third-order valence-corrected chi connectivity index (χ3v) is 3.33. The summed E-state index contributed by atoms with van der Waals surface area (Å²) < 4.78 is 5.12. The number of benzene rings is 2. The van der Waals surface area contributed by atoms with Gasteiger partial charge in [0, 0.05) is 5.39 Å². The molecular weight excluding hydrogens is 296 g/mol. The van der Waals surface area contributed by atoms with Gasteiger partial charge >= 0.3 is 5.63 Å². The van der Waals surface area contributed by atoms with Crippen molar-refractivity contribution in [3.8, 4) is 11.5 Å². The lowest BCUT2D eigenvalue weighted by Gasteiger charge is -2.00. The minimum atomic E-state index is -0.702. The molecule has 0 saturated carbocycles. The Morgan fingerprint density at radius 2 is 1.78 bits per heavy atom. The van der Waals surface area contributed by atoms with Gasteiger partial charge in [0.2, 0.25) is 0 Å². The van der Waals surface area contributed by atoms with Gasteiger partial charge in [0.15, 0.2) is 17.3 Å². The van der Waals surface area contributed by atoms with Crippen LogP contribution in [0, 0.1) is 0 Å². The normalized spacial score (nSPS) is 11.1. The maximum atomic E-state index is 12.2. The lowest BCUT2D eigenvalue weighted by atomic mass is 10.1. The number of allylic oxidation sites excluding steroid dienone is 1. The predicted octanol–water partition coefficient (Wildman–Crippen LogP) is 3.10. The van der Waals surface area contributed by atoms with Gasteiger partial charge in [-0.1, -0.05) is 30.3 Å². The van der Waals surface area contributed by atoms with Gasteiger partial charge in [-0.15, -0.1) is 0 Å². The zero-order chi connectivity index (χ0) is 16.4. The highest BCUT2D eigenvalue weighted by Crippen LogP contribution is 2.25. The second-order valence-corrected chi connectivity index (χ2v) is 4.93. The summed E-state index contributed by atoms with van der Waals surface area (Å²) in [5.41, 5.74) is 0.162. The van der Waals surface area contributed by atoms with Gasteiger partial charge in [-0.25, -0.2) is 4.79 Å². The highest BCUT2D eigenvalue weighted by Gasteiger charge is 2.11. The second kappa shape index (κ2) is 5.81. The molecule has 0 bridgehead atoms. The Bertz CT molecular complexity index is 982. The molecule has 2 N–H and O–H groups in total. The third kappa shape index (κ3) is 2.98. The minimum absolute atomic E-state index is 0.0667. The fraction of sp³-hybridized carbons (Fsp3) is 0. The molecule has 0 atom stereocenters. The molecule has 0 unspecified atom stereocenters. The fourth-order valence-corrected chi connectivity index (χ4v) is 2.14. The topological polar surface area (TPSA) is 87.7 Å². The van der Waals surface area contributed by atoms with Crippen molar-refractivity contribution in [2.24, 2.45) is 0 Å². The van der Waals surface area contributed by atoms with Gasteiger partial charge in [0.25, 0.3) is 0 Å². The molecule has 5 heteroatoms. The van der Waals surface area contributed by atoms with Crippen LogP contribution in [0.4, 0.5) is 0 Å². The molecule has 3 rings (SSSR count). The number of aromatic hydroxyl groups is 2. The number of carbonyl (C=O) groups excluding carboxylic acids is 1. The molecule has 1 heterocycles. The number of hydrogen-bond donors (Lipinski definition) is 2. The molecule has 0 radical (unpaired) electrons. The SMILES string of the molecule is O=C(C=Cc1ccc(O)c(O)c1)c1cc2ccccc2oc1=O. The molecule has 0 aliphatic carbocycles. The van der Waals surface area contributed by atoms with Crippen molar-refractivity contribution in [1.82, 2.24) is 0 Å². The third-order valence-electron chi connectivity index (χ3n) is 3.33. The summed E-state index contributed by atoms with van der Waals surface area (Å²) >= 11 is 0. The van der Waals surface area contributed by atoms with Crippen molar-refractivity contribution in [1.29, 1.82) is 0 Å². The van der Waals surface area contributed by atoms with Crippen LogP contribution in [0.2, 0.25) is 0 Å². The molecule has 0 aliphatic rings. The quantitative estimate of drug-likeness (QED) is 0.336. The Hall–Kier alpha value is -3.34. The number of phenols is 2. The van der Waals surface area contributed by atoms with Crippen molar-refractivity contribution < 1.29 is 19.4 Å². The molecule has 2 aromatic carbocycles.